The standard InChI is InChI=1S/C46H60F3N5O4/c1-4-5-6-7-8-9-10-11-12-13-14-15-16-17-18-19-20-24-43(55)50-25-29-57-30-26-51-45(56)40-33-39(53-27-31-58-32-28-53)34-42-44(40)52-37(3)54(42)35-38-22-21-23-41(36(38)2)46(47,48)49/h5-6,8-9,11-12,14-15,17-18,21-23,33-34H,4,7,10,13,16,19-20,24-32,35H2,1-3H3,(H,50,55)(H,51,56)/b6-5-,9-8-,12-11-,15-14-,18-17-. The number of benzene rings is 2. The molecule has 314 valence electrons. The van der Waals surface area contributed by atoms with Gasteiger partial charge in [0.1, 0.15) is 11.3 Å². The smallest absolute Gasteiger partial charge is 0.378 e. The molecule has 0 unspecified atom stereocenters. The number of nitrogens with zero attached hydrogens (tertiary/aromatic N) is 3. The second kappa shape index (κ2) is 24.7. The van der Waals surface area contributed by atoms with Crippen LogP contribution in [0.5, 0.6) is 0 Å². The highest BCUT2D eigenvalue weighted by Crippen LogP contribution is 2.34. The first kappa shape index (κ1) is 45.8. The third-order valence-electron chi connectivity index (χ3n) is 9.76. The molecule has 9 nitrogen and oxygen atoms in total. The van der Waals surface area contributed by atoms with Crippen molar-refractivity contribution in [3.05, 3.63) is 119 Å². The van der Waals surface area contributed by atoms with E-state index < -0.39 is 11.7 Å². The van der Waals surface area contributed by atoms with Gasteiger partial charge in [-0.3, -0.25) is 9.59 Å². The summed E-state index contributed by atoms with van der Waals surface area (Å²) in [6.07, 6.45) is 24.1. The summed E-state index contributed by atoms with van der Waals surface area (Å²) in [4.78, 5) is 32.7. The van der Waals surface area contributed by atoms with Gasteiger partial charge in [0, 0.05) is 44.8 Å². The summed E-state index contributed by atoms with van der Waals surface area (Å²) in [5.41, 5.74) is 2.34. The Labute approximate surface area is 341 Å². The summed E-state index contributed by atoms with van der Waals surface area (Å²) in [5.74, 6) is 0.232. The minimum atomic E-state index is -4.46. The van der Waals surface area contributed by atoms with Crippen LogP contribution in [0.1, 0.15) is 91.2 Å². The van der Waals surface area contributed by atoms with E-state index in [0.29, 0.717) is 73.9 Å². The molecule has 2 amide bonds. The predicted molar refractivity (Wildman–Crippen MR) is 227 cm³/mol. The fourth-order valence-electron chi connectivity index (χ4n) is 6.57. The van der Waals surface area contributed by atoms with E-state index in [-0.39, 0.29) is 37.1 Å². The normalized spacial score (nSPS) is 14.1. The summed E-state index contributed by atoms with van der Waals surface area (Å²) in [6, 6.07) is 7.96. The van der Waals surface area contributed by atoms with Gasteiger partial charge in [0.2, 0.25) is 5.91 Å². The molecule has 1 aliphatic heterocycles. The lowest BCUT2D eigenvalue weighted by Gasteiger charge is -2.29. The van der Waals surface area contributed by atoms with Crippen LogP contribution in [0, 0.1) is 13.8 Å². The zero-order valence-corrected chi connectivity index (χ0v) is 34.3. The third kappa shape index (κ3) is 15.1. The maximum atomic E-state index is 13.7. The number of rotatable bonds is 23. The van der Waals surface area contributed by atoms with Gasteiger partial charge in [-0.25, -0.2) is 4.98 Å². The SMILES string of the molecule is CC/C=C\C/C=C\C/C=C\C/C=C\C/C=C\CCCC(=O)NCCOCCNC(=O)c1cc(N2CCOCC2)cc2c1nc(C)n2Cc1cccc(C(F)(F)F)c1C. The molecule has 0 radical (unpaired) electrons. The fraction of sp³-hybridized carbons (Fsp3) is 0.457. The first-order chi connectivity index (χ1) is 28.1. The Morgan fingerprint density at radius 3 is 2.12 bits per heavy atom. The van der Waals surface area contributed by atoms with Crippen LogP contribution in [0.25, 0.3) is 11.0 Å². The Kier molecular flexibility index (Phi) is 19.5. The number of carbonyl (C=O) groups excluding carboxylic acids is 2. The molecule has 4 rings (SSSR count). The molecular formula is C46H60F3N5O4. The van der Waals surface area contributed by atoms with Crippen LogP contribution in [0.3, 0.4) is 0 Å². The Morgan fingerprint density at radius 1 is 0.862 bits per heavy atom. The highest BCUT2D eigenvalue weighted by molar-refractivity contribution is 6.06. The van der Waals surface area contributed by atoms with Crippen LogP contribution in [0.15, 0.2) is 91.1 Å². The Morgan fingerprint density at radius 2 is 1.48 bits per heavy atom. The molecule has 0 aliphatic carbocycles. The Balaban J connectivity index is 1.17. The second-order valence-electron chi connectivity index (χ2n) is 14.1. The van der Waals surface area contributed by atoms with Crippen LogP contribution in [-0.4, -0.2) is 74.0 Å². The summed E-state index contributed by atoms with van der Waals surface area (Å²) in [5, 5.41) is 5.80. The van der Waals surface area contributed by atoms with Crippen molar-refractivity contribution < 1.29 is 32.2 Å². The number of nitrogens with one attached hydrogen (secondary N) is 2. The van der Waals surface area contributed by atoms with Gasteiger partial charge in [-0.05, 0) is 88.1 Å². The Hall–Kier alpha value is -4.94. The molecule has 12 heteroatoms. The van der Waals surface area contributed by atoms with Crippen LogP contribution in [0.2, 0.25) is 0 Å². The highest BCUT2D eigenvalue weighted by Gasteiger charge is 2.33. The number of carbonyl (C=O) groups is 2. The number of fused-ring (bicyclic) bond motifs is 1. The van der Waals surface area contributed by atoms with E-state index in [1.807, 2.05) is 16.7 Å². The van der Waals surface area contributed by atoms with Crippen molar-refractivity contribution in [2.75, 3.05) is 57.5 Å². The molecule has 1 aliphatic rings. The maximum absolute atomic E-state index is 13.7. The molecule has 1 saturated heterocycles. The average Bonchev–Trinajstić information content (AvgIpc) is 3.52. The van der Waals surface area contributed by atoms with Gasteiger partial charge in [-0.15, -0.1) is 0 Å². The number of halogens is 3. The number of morpholine rings is 1. The van der Waals surface area contributed by atoms with E-state index in [1.165, 1.54) is 13.0 Å². The summed E-state index contributed by atoms with van der Waals surface area (Å²) in [7, 11) is 0. The van der Waals surface area contributed by atoms with Crippen molar-refractivity contribution in [1.82, 2.24) is 20.2 Å². The summed E-state index contributed by atoms with van der Waals surface area (Å²) in [6.45, 7) is 9.13. The minimum Gasteiger partial charge on any atom is -0.378 e. The van der Waals surface area contributed by atoms with Gasteiger partial charge in [0.15, 0.2) is 0 Å². The van der Waals surface area contributed by atoms with Crippen molar-refractivity contribution in [2.24, 2.45) is 0 Å². The minimum absolute atomic E-state index is 0.0219. The average molecular weight is 804 g/mol. The lowest BCUT2D eigenvalue weighted by molar-refractivity contribution is -0.138. The Bertz CT molecular complexity index is 1900. The van der Waals surface area contributed by atoms with E-state index in [9.17, 15) is 22.8 Å². The zero-order chi connectivity index (χ0) is 41.6. The second-order valence-corrected chi connectivity index (χ2v) is 14.1. The van der Waals surface area contributed by atoms with Crippen molar-refractivity contribution in [3.63, 3.8) is 0 Å². The van der Waals surface area contributed by atoms with Crippen LogP contribution < -0.4 is 15.5 Å². The van der Waals surface area contributed by atoms with Gasteiger partial charge in [0.25, 0.3) is 5.91 Å². The number of aromatic nitrogens is 2. The maximum Gasteiger partial charge on any atom is 0.416 e. The quantitative estimate of drug-likeness (QED) is 0.0733. The monoisotopic (exact) mass is 803 g/mol. The number of allylic oxidation sites excluding steroid dienone is 10. The number of hydrogen-bond donors (Lipinski definition) is 2. The number of aryl methyl sites for hydroxylation is 1. The number of amides is 2. The predicted octanol–water partition coefficient (Wildman–Crippen LogP) is 9.34. The zero-order valence-electron chi connectivity index (χ0n) is 34.3. The molecule has 2 N–H and O–H groups in total. The number of hydrogen-bond acceptors (Lipinski definition) is 6. The lowest BCUT2D eigenvalue weighted by Crippen LogP contribution is -2.36. The van der Waals surface area contributed by atoms with Gasteiger partial charge in [0.05, 0.1) is 43.1 Å². The van der Waals surface area contributed by atoms with E-state index in [2.05, 4.69) is 83.2 Å². The first-order valence-electron chi connectivity index (χ1n) is 20.5. The number of ether oxygens (including phenoxy) is 2. The van der Waals surface area contributed by atoms with Gasteiger partial charge >= 0.3 is 6.18 Å². The van der Waals surface area contributed by atoms with E-state index in [4.69, 9.17) is 14.5 Å². The molecule has 0 bridgehead atoms. The van der Waals surface area contributed by atoms with E-state index in [1.54, 1.807) is 13.0 Å². The van der Waals surface area contributed by atoms with Crippen LogP contribution in [0.4, 0.5) is 18.9 Å². The molecule has 0 spiro atoms. The molecular weight excluding hydrogens is 744 g/mol. The molecule has 2 aromatic carbocycles. The van der Waals surface area contributed by atoms with Crippen molar-refractivity contribution >= 4 is 28.5 Å². The highest BCUT2D eigenvalue weighted by atomic mass is 19.4. The third-order valence-corrected chi connectivity index (χ3v) is 9.76. The van der Waals surface area contributed by atoms with E-state index >= 15 is 0 Å². The summed E-state index contributed by atoms with van der Waals surface area (Å²) < 4.78 is 54.2. The van der Waals surface area contributed by atoms with Gasteiger partial charge in [-0.2, -0.15) is 13.2 Å². The number of unbranched alkanes of at least 4 members (excludes halogenated alkanes) is 1. The fourth-order valence-corrected chi connectivity index (χ4v) is 6.57. The van der Waals surface area contributed by atoms with Gasteiger partial charge < -0.3 is 29.6 Å². The lowest BCUT2D eigenvalue weighted by atomic mass is 10.0. The summed E-state index contributed by atoms with van der Waals surface area (Å²) >= 11 is 0. The van der Waals surface area contributed by atoms with Crippen molar-refractivity contribution in [2.45, 2.75) is 84.9 Å². The molecule has 58 heavy (non-hydrogen) atoms. The van der Waals surface area contributed by atoms with E-state index in [0.717, 1.165) is 56.7 Å². The first-order valence-corrected chi connectivity index (χ1v) is 20.5. The van der Waals surface area contributed by atoms with Crippen LogP contribution in [-0.2, 0) is 27.0 Å². The van der Waals surface area contributed by atoms with Crippen LogP contribution >= 0.6 is 0 Å². The number of imidazole rings is 1. The molecule has 0 saturated carbocycles. The van der Waals surface area contributed by atoms with Crippen molar-refractivity contribution in [1.29, 1.82) is 0 Å². The topological polar surface area (TPSA) is 97.7 Å². The molecule has 3 aromatic rings. The molecule has 0 atom stereocenters. The number of anilines is 1. The number of alkyl halides is 3. The molecule has 2 heterocycles. The molecule has 1 fully saturated rings. The van der Waals surface area contributed by atoms with Crippen molar-refractivity contribution in [3.8, 4) is 0 Å². The molecule has 1 aromatic heterocycles. The van der Waals surface area contributed by atoms with Gasteiger partial charge in [-0.1, -0.05) is 79.8 Å². The largest absolute Gasteiger partial charge is 0.416 e.